The van der Waals surface area contributed by atoms with Crippen molar-refractivity contribution in [1.29, 1.82) is 0 Å². The summed E-state index contributed by atoms with van der Waals surface area (Å²) in [6.07, 6.45) is -0.719. The molecule has 1 saturated carbocycles. The standard InChI is InChI=1S/C16H20F3NO/c17-16(18,19)11-14(12-7-3-1-4-8-12)20-15(21)13-9-5-2-6-10-13/h1,3-4,7-8,13-14H,2,5-6,9-11H2,(H,20,21). The van der Waals surface area contributed by atoms with E-state index in [0.717, 1.165) is 32.1 Å². The summed E-state index contributed by atoms with van der Waals surface area (Å²) < 4.78 is 38.2. The van der Waals surface area contributed by atoms with Crippen molar-refractivity contribution in [3.05, 3.63) is 35.9 Å². The van der Waals surface area contributed by atoms with Gasteiger partial charge in [-0.05, 0) is 18.4 Å². The van der Waals surface area contributed by atoms with E-state index in [1.807, 2.05) is 0 Å². The largest absolute Gasteiger partial charge is 0.391 e. The third kappa shape index (κ3) is 5.06. The van der Waals surface area contributed by atoms with Gasteiger partial charge < -0.3 is 5.32 Å². The quantitative estimate of drug-likeness (QED) is 0.878. The van der Waals surface area contributed by atoms with Gasteiger partial charge in [-0.1, -0.05) is 49.6 Å². The van der Waals surface area contributed by atoms with Crippen molar-refractivity contribution in [2.75, 3.05) is 0 Å². The first kappa shape index (κ1) is 15.9. The van der Waals surface area contributed by atoms with Crippen LogP contribution < -0.4 is 5.32 Å². The summed E-state index contributed by atoms with van der Waals surface area (Å²) in [5.74, 6) is -0.383. The molecule has 0 bridgehead atoms. The summed E-state index contributed by atoms with van der Waals surface area (Å²) in [5, 5.41) is 2.60. The molecule has 2 nitrogen and oxygen atoms in total. The van der Waals surface area contributed by atoms with Gasteiger partial charge in [0, 0.05) is 5.92 Å². The van der Waals surface area contributed by atoms with Crippen LogP contribution in [0.15, 0.2) is 30.3 Å². The maximum absolute atomic E-state index is 12.7. The van der Waals surface area contributed by atoms with E-state index in [-0.39, 0.29) is 11.8 Å². The van der Waals surface area contributed by atoms with Crippen LogP contribution in [0.5, 0.6) is 0 Å². The Morgan fingerprint density at radius 1 is 1.14 bits per heavy atom. The second-order valence-electron chi connectivity index (χ2n) is 5.63. The SMILES string of the molecule is O=C(NC(CC(F)(F)F)c1ccccc1)C1CCCCC1. The molecular formula is C16H20F3NO. The Kier molecular flexibility index (Phi) is 5.26. The molecule has 0 aromatic heterocycles. The van der Waals surface area contributed by atoms with Crippen LogP contribution in [-0.4, -0.2) is 12.1 Å². The molecule has 1 atom stereocenters. The minimum absolute atomic E-state index is 0.141. The van der Waals surface area contributed by atoms with Crippen LogP contribution in [0.1, 0.15) is 50.1 Å². The van der Waals surface area contributed by atoms with Crippen molar-refractivity contribution < 1.29 is 18.0 Å². The van der Waals surface area contributed by atoms with Crippen molar-refractivity contribution in [3.8, 4) is 0 Å². The maximum Gasteiger partial charge on any atom is 0.391 e. The minimum Gasteiger partial charge on any atom is -0.349 e. The zero-order valence-electron chi connectivity index (χ0n) is 11.8. The molecule has 1 amide bonds. The van der Waals surface area contributed by atoms with Gasteiger partial charge in [0.25, 0.3) is 0 Å². The summed E-state index contributed by atoms with van der Waals surface area (Å²) in [7, 11) is 0. The van der Waals surface area contributed by atoms with Gasteiger partial charge in [-0.15, -0.1) is 0 Å². The number of amides is 1. The van der Waals surface area contributed by atoms with E-state index in [4.69, 9.17) is 0 Å². The van der Waals surface area contributed by atoms with Gasteiger partial charge in [0.2, 0.25) is 5.91 Å². The number of carbonyl (C=O) groups is 1. The van der Waals surface area contributed by atoms with Crippen LogP contribution in [-0.2, 0) is 4.79 Å². The lowest BCUT2D eigenvalue weighted by molar-refractivity contribution is -0.144. The highest BCUT2D eigenvalue weighted by Gasteiger charge is 2.34. The average Bonchev–Trinajstić information content (AvgIpc) is 2.47. The molecular weight excluding hydrogens is 279 g/mol. The second kappa shape index (κ2) is 6.96. The molecule has 5 heteroatoms. The van der Waals surface area contributed by atoms with Gasteiger partial charge >= 0.3 is 6.18 Å². The molecule has 0 heterocycles. The number of carbonyl (C=O) groups excluding carboxylic acids is 1. The zero-order valence-corrected chi connectivity index (χ0v) is 11.8. The first-order valence-electron chi connectivity index (χ1n) is 7.38. The van der Waals surface area contributed by atoms with Gasteiger partial charge in [0.05, 0.1) is 12.5 Å². The molecule has 21 heavy (non-hydrogen) atoms. The Balaban J connectivity index is 2.06. The number of nitrogens with one attached hydrogen (secondary N) is 1. The zero-order chi connectivity index (χ0) is 15.3. The third-order valence-corrected chi connectivity index (χ3v) is 3.93. The number of halogens is 3. The number of benzene rings is 1. The average molecular weight is 299 g/mol. The van der Waals surface area contributed by atoms with Gasteiger partial charge in [-0.2, -0.15) is 13.2 Å². The van der Waals surface area contributed by atoms with Crippen molar-refractivity contribution in [2.45, 2.75) is 50.7 Å². The summed E-state index contributed by atoms with van der Waals surface area (Å²) in [6.45, 7) is 0. The first-order chi connectivity index (χ1) is 9.96. The van der Waals surface area contributed by atoms with Crippen molar-refractivity contribution in [2.24, 2.45) is 5.92 Å². The molecule has 0 spiro atoms. The number of alkyl halides is 3. The highest BCUT2D eigenvalue weighted by atomic mass is 19.4. The predicted octanol–water partition coefficient (Wildman–Crippen LogP) is 4.38. The molecule has 1 aliphatic carbocycles. The molecule has 116 valence electrons. The molecule has 1 aromatic carbocycles. The van der Waals surface area contributed by atoms with E-state index >= 15 is 0 Å². The van der Waals surface area contributed by atoms with E-state index in [1.54, 1.807) is 30.3 Å². The van der Waals surface area contributed by atoms with E-state index in [1.165, 1.54) is 0 Å². The summed E-state index contributed by atoms with van der Waals surface area (Å²) >= 11 is 0. The smallest absolute Gasteiger partial charge is 0.349 e. The lowest BCUT2D eigenvalue weighted by atomic mass is 9.88. The maximum atomic E-state index is 12.7. The van der Waals surface area contributed by atoms with Crippen LogP contribution >= 0.6 is 0 Å². The number of hydrogen-bond donors (Lipinski definition) is 1. The Labute approximate surface area is 122 Å². The predicted molar refractivity (Wildman–Crippen MR) is 74.6 cm³/mol. The summed E-state index contributed by atoms with van der Waals surface area (Å²) in [4.78, 5) is 12.2. The second-order valence-corrected chi connectivity index (χ2v) is 5.63. The summed E-state index contributed by atoms with van der Waals surface area (Å²) in [6, 6.07) is 7.36. The van der Waals surface area contributed by atoms with Crippen LogP contribution in [0.25, 0.3) is 0 Å². The molecule has 2 rings (SSSR count). The molecule has 1 N–H and O–H groups in total. The Bertz CT molecular complexity index is 452. The van der Waals surface area contributed by atoms with Crippen molar-refractivity contribution in [3.63, 3.8) is 0 Å². The van der Waals surface area contributed by atoms with E-state index in [0.29, 0.717) is 5.56 Å². The molecule has 0 saturated heterocycles. The van der Waals surface area contributed by atoms with E-state index < -0.39 is 18.6 Å². The van der Waals surface area contributed by atoms with Crippen LogP contribution in [0, 0.1) is 5.92 Å². The van der Waals surface area contributed by atoms with Gasteiger partial charge in [0.1, 0.15) is 0 Å². The molecule has 0 aliphatic heterocycles. The lowest BCUT2D eigenvalue weighted by Gasteiger charge is -2.26. The monoisotopic (exact) mass is 299 g/mol. The Morgan fingerprint density at radius 3 is 2.33 bits per heavy atom. The highest BCUT2D eigenvalue weighted by molar-refractivity contribution is 5.79. The fourth-order valence-corrected chi connectivity index (χ4v) is 2.82. The minimum atomic E-state index is -4.31. The van der Waals surface area contributed by atoms with Gasteiger partial charge in [-0.25, -0.2) is 0 Å². The molecule has 1 aromatic rings. The van der Waals surface area contributed by atoms with Crippen molar-refractivity contribution >= 4 is 5.91 Å². The third-order valence-electron chi connectivity index (χ3n) is 3.93. The van der Waals surface area contributed by atoms with Crippen LogP contribution in [0.4, 0.5) is 13.2 Å². The fraction of sp³-hybridized carbons (Fsp3) is 0.562. The first-order valence-corrected chi connectivity index (χ1v) is 7.38. The highest BCUT2D eigenvalue weighted by Crippen LogP contribution is 2.31. The fourth-order valence-electron chi connectivity index (χ4n) is 2.82. The van der Waals surface area contributed by atoms with Gasteiger partial charge in [-0.3, -0.25) is 4.79 Å². The van der Waals surface area contributed by atoms with Crippen LogP contribution in [0.3, 0.4) is 0 Å². The van der Waals surface area contributed by atoms with E-state index in [9.17, 15) is 18.0 Å². The summed E-state index contributed by atoms with van der Waals surface area (Å²) in [5.41, 5.74) is 0.499. The lowest BCUT2D eigenvalue weighted by Crippen LogP contribution is -2.36. The Hall–Kier alpha value is -1.52. The van der Waals surface area contributed by atoms with Crippen LogP contribution in [0.2, 0.25) is 0 Å². The van der Waals surface area contributed by atoms with Gasteiger partial charge in [0.15, 0.2) is 0 Å². The molecule has 0 radical (unpaired) electrons. The molecule has 1 unspecified atom stereocenters. The topological polar surface area (TPSA) is 29.1 Å². The molecule has 1 fully saturated rings. The van der Waals surface area contributed by atoms with E-state index in [2.05, 4.69) is 5.32 Å². The number of rotatable bonds is 4. The Morgan fingerprint density at radius 2 is 1.76 bits per heavy atom. The number of hydrogen-bond acceptors (Lipinski definition) is 1. The normalized spacial score (nSPS) is 18.2. The van der Waals surface area contributed by atoms with Crippen molar-refractivity contribution in [1.82, 2.24) is 5.32 Å². The molecule has 1 aliphatic rings.